The third-order valence-corrected chi connectivity index (χ3v) is 10.5. The number of carbonyl (C=O) groups is 6. The van der Waals surface area contributed by atoms with Crippen LogP contribution < -0.4 is 10.6 Å². The first-order valence-electron chi connectivity index (χ1n) is 16.2. The molecule has 3 heterocycles. The Morgan fingerprint density at radius 1 is 0.902 bits per heavy atom. The largest absolute Gasteiger partial charge is 0.508 e. The maximum absolute atomic E-state index is 13.9. The van der Waals surface area contributed by atoms with Crippen molar-refractivity contribution in [3.63, 3.8) is 0 Å². The Kier molecular flexibility index (Phi) is 10.6. The van der Waals surface area contributed by atoms with Gasteiger partial charge in [-0.15, -0.1) is 23.4 Å². The summed E-state index contributed by atoms with van der Waals surface area (Å²) >= 11 is 7.57. The van der Waals surface area contributed by atoms with Gasteiger partial charge in [0.15, 0.2) is 6.10 Å². The molecule has 3 atom stereocenters. The molecule has 6 amide bonds. The van der Waals surface area contributed by atoms with Crippen molar-refractivity contribution in [2.75, 3.05) is 31.3 Å². The first kappa shape index (κ1) is 35.5. The van der Waals surface area contributed by atoms with E-state index in [2.05, 4.69) is 10.6 Å². The Morgan fingerprint density at radius 2 is 1.53 bits per heavy atom. The summed E-state index contributed by atoms with van der Waals surface area (Å²) in [5, 5.41) is 14.4. The molecular weight excluding hydrogens is 698 g/mol. The fourth-order valence-electron chi connectivity index (χ4n) is 6.10. The van der Waals surface area contributed by atoms with Gasteiger partial charge in [0, 0.05) is 31.3 Å². The lowest BCUT2D eigenvalue weighted by Crippen LogP contribution is -2.71. The molecule has 0 aromatic heterocycles. The number of benzene rings is 3. The van der Waals surface area contributed by atoms with Crippen molar-refractivity contribution >= 4 is 59.0 Å². The highest BCUT2D eigenvalue weighted by Gasteiger charge is 2.55. The average molecular weight is 732 g/mol. The number of nitrogens with one attached hydrogen (secondary N) is 2. The number of carbonyl (C=O) groups excluding carboxylic acids is 6. The molecular formula is C36H34ClN5O8S. The van der Waals surface area contributed by atoms with Gasteiger partial charge < -0.3 is 25.4 Å². The molecule has 15 heteroatoms. The number of fused-ring (bicyclic) bond motifs is 1. The second kappa shape index (κ2) is 15.3. The molecule has 0 saturated carbocycles. The molecule has 3 aromatic carbocycles. The first-order chi connectivity index (χ1) is 24.6. The van der Waals surface area contributed by atoms with Gasteiger partial charge in [-0.1, -0.05) is 72.8 Å². The van der Waals surface area contributed by atoms with Crippen LogP contribution in [0.3, 0.4) is 0 Å². The Hall–Kier alpha value is -5.34. The van der Waals surface area contributed by atoms with E-state index in [0.717, 1.165) is 16.0 Å². The number of nitrogens with zero attached hydrogens (tertiary/aromatic N) is 3. The Bertz CT molecular complexity index is 1840. The summed E-state index contributed by atoms with van der Waals surface area (Å²) in [6.07, 6.45) is -0.773. The monoisotopic (exact) mass is 731 g/mol. The minimum atomic E-state index is -1.42. The zero-order valence-electron chi connectivity index (χ0n) is 27.4. The van der Waals surface area contributed by atoms with Crippen molar-refractivity contribution in [3.8, 4) is 5.75 Å². The molecule has 13 nitrogen and oxygen atoms in total. The number of urea groups is 1. The van der Waals surface area contributed by atoms with Crippen molar-refractivity contribution in [1.29, 1.82) is 0 Å². The number of hydrogen-bond donors (Lipinski definition) is 3. The summed E-state index contributed by atoms with van der Waals surface area (Å²) in [5.41, 5.74) is 2.21. The number of aromatic hydroxyl groups is 1. The number of likely N-dealkylation sites (N-methyl/N-ethyl adjacent to an activating group) is 1. The molecule has 3 aliphatic rings. The number of halogens is 1. The van der Waals surface area contributed by atoms with E-state index >= 15 is 0 Å². The van der Waals surface area contributed by atoms with E-state index in [1.807, 2.05) is 60.7 Å². The van der Waals surface area contributed by atoms with E-state index in [1.165, 1.54) is 45.8 Å². The van der Waals surface area contributed by atoms with Crippen LogP contribution in [-0.4, -0.2) is 98.1 Å². The molecule has 264 valence electrons. The third-order valence-electron chi connectivity index (χ3n) is 8.82. The number of thioether (sulfide) groups is 1. The fraction of sp³-hybridized carbons (Fsp3) is 0.278. The lowest BCUT2D eigenvalue weighted by Gasteiger charge is -2.50. The van der Waals surface area contributed by atoms with Crippen LogP contribution in [0.15, 0.2) is 96.2 Å². The molecule has 0 radical (unpaired) electrons. The van der Waals surface area contributed by atoms with Crippen LogP contribution in [0.1, 0.15) is 35.8 Å². The third kappa shape index (κ3) is 7.14. The molecule has 51 heavy (non-hydrogen) atoms. The van der Waals surface area contributed by atoms with Crippen molar-refractivity contribution in [1.82, 2.24) is 25.3 Å². The number of phenols is 1. The van der Waals surface area contributed by atoms with Crippen molar-refractivity contribution in [2.45, 2.75) is 30.5 Å². The molecule has 2 saturated heterocycles. The molecule has 3 aliphatic heterocycles. The van der Waals surface area contributed by atoms with Crippen molar-refractivity contribution < 1.29 is 38.6 Å². The highest BCUT2D eigenvalue weighted by molar-refractivity contribution is 8.00. The summed E-state index contributed by atoms with van der Waals surface area (Å²) in [6, 6.07) is 20.4. The van der Waals surface area contributed by atoms with Gasteiger partial charge in [-0.25, -0.2) is 9.59 Å². The second-order valence-electron chi connectivity index (χ2n) is 11.9. The molecule has 0 spiro atoms. The fourth-order valence-corrected chi connectivity index (χ4v) is 7.78. The molecule has 6 rings (SSSR count). The van der Waals surface area contributed by atoms with Crippen LogP contribution in [0.4, 0.5) is 4.79 Å². The van der Waals surface area contributed by atoms with Gasteiger partial charge in [-0.2, -0.15) is 0 Å². The Morgan fingerprint density at radius 3 is 2.12 bits per heavy atom. The number of β-lactam (4-membered cyclic amide) rings is 1. The van der Waals surface area contributed by atoms with Crippen LogP contribution >= 0.6 is 23.4 Å². The number of alkyl halides is 1. The quantitative estimate of drug-likeness (QED) is 0.123. The SMILES string of the molecule is CCN1CCN(C(=O)N[C@@H](C(=O)N[C@@H]2C(=O)N3C(C(=O)OC(c4ccccc4)c4ccccc4)=C(CCl)CS[C@H]23)c2ccc(O)cc2)C(=O)C1=O. The highest BCUT2D eigenvalue weighted by Crippen LogP contribution is 2.42. The Balaban J connectivity index is 1.21. The van der Waals surface area contributed by atoms with Gasteiger partial charge >= 0.3 is 23.8 Å². The van der Waals surface area contributed by atoms with E-state index in [-0.39, 0.29) is 41.7 Å². The first-order valence-corrected chi connectivity index (χ1v) is 17.7. The van der Waals surface area contributed by atoms with Crippen molar-refractivity contribution in [3.05, 3.63) is 113 Å². The van der Waals surface area contributed by atoms with E-state index < -0.39 is 59.2 Å². The van der Waals surface area contributed by atoms with Crippen LogP contribution in [0.25, 0.3) is 0 Å². The summed E-state index contributed by atoms with van der Waals surface area (Å²) < 4.78 is 6.08. The van der Waals surface area contributed by atoms with Gasteiger partial charge in [0.1, 0.15) is 28.9 Å². The maximum atomic E-state index is 13.9. The predicted molar refractivity (Wildman–Crippen MR) is 187 cm³/mol. The zero-order chi connectivity index (χ0) is 36.2. The van der Waals surface area contributed by atoms with Gasteiger partial charge in [0.05, 0.1) is 0 Å². The number of hydrogen-bond acceptors (Lipinski definition) is 9. The molecule has 0 aliphatic carbocycles. The number of phenolic OH excluding ortho intramolecular Hbond substituents is 1. The lowest BCUT2D eigenvalue weighted by atomic mass is 10.00. The van der Waals surface area contributed by atoms with Gasteiger partial charge in [-0.05, 0) is 41.3 Å². The average Bonchev–Trinajstić information content (AvgIpc) is 3.16. The standard InChI is InChI=1S/C36H34ClN5O8S/c1-2-40-17-18-41(33(47)32(40)46)36(49)39-26(21-13-15-25(43)16-14-21)30(44)38-27-31(45)42-28(24(19-37)20-51-34(27)42)35(48)50-29(22-9-5-3-6-10-22)23-11-7-4-8-12-23/h3-16,26-27,29,34,43H,2,17-20H2,1H3,(H,38,44)(H,39,49)/t26-,27-,34-/m1/s1. The molecule has 3 aromatic rings. The van der Waals surface area contributed by atoms with Gasteiger partial charge in [0.25, 0.3) is 5.91 Å². The lowest BCUT2D eigenvalue weighted by molar-refractivity contribution is -0.155. The van der Waals surface area contributed by atoms with E-state index in [1.54, 1.807) is 6.92 Å². The van der Waals surface area contributed by atoms with E-state index in [4.69, 9.17) is 16.3 Å². The smallest absolute Gasteiger partial charge is 0.356 e. The molecule has 0 bridgehead atoms. The summed E-state index contributed by atoms with van der Waals surface area (Å²) in [7, 11) is 0. The molecule has 0 unspecified atom stereocenters. The number of rotatable bonds is 10. The number of esters is 1. The highest BCUT2D eigenvalue weighted by atomic mass is 35.5. The van der Waals surface area contributed by atoms with Crippen molar-refractivity contribution in [2.24, 2.45) is 0 Å². The number of piperazine rings is 1. The summed E-state index contributed by atoms with van der Waals surface area (Å²) in [5.74, 6) is -3.83. The van der Waals surface area contributed by atoms with Crippen LogP contribution in [0.2, 0.25) is 0 Å². The number of amides is 6. The molecule has 2 fully saturated rings. The van der Waals surface area contributed by atoms with Crippen LogP contribution in [-0.2, 0) is 28.7 Å². The predicted octanol–water partition coefficient (Wildman–Crippen LogP) is 3.06. The van der Waals surface area contributed by atoms with Gasteiger partial charge in [0.2, 0.25) is 5.91 Å². The molecule has 3 N–H and O–H groups in total. The minimum absolute atomic E-state index is 0.0129. The number of imide groups is 1. The zero-order valence-corrected chi connectivity index (χ0v) is 28.9. The summed E-state index contributed by atoms with van der Waals surface area (Å²) in [4.78, 5) is 83.2. The number of ether oxygens (including phenoxy) is 1. The van der Waals surface area contributed by atoms with E-state index in [9.17, 15) is 33.9 Å². The van der Waals surface area contributed by atoms with E-state index in [0.29, 0.717) is 12.1 Å². The topological polar surface area (TPSA) is 166 Å². The van der Waals surface area contributed by atoms with Crippen LogP contribution in [0, 0.1) is 0 Å². The summed E-state index contributed by atoms with van der Waals surface area (Å²) in [6.45, 7) is 2.07. The minimum Gasteiger partial charge on any atom is -0.508 e. The second-order valence-corrected chi connectivity index (χ2v) is 13.3. The normalized spacial score (nSPS) is 19.4. The van der Waals surface area contributed by atoms with Crippen LogP contribution in [0.5, 0.6) is 5.75 Å². The Labute approximate surface area is 302 Å². The maximum Gasteiger partial charge on any atom is 0.356 e. The van der Waals surface area contributed by atoms with Gasteiger partial charge in [-0.3, -0.25) is 29.0 Å².